The van der Waals surface area contributed by atoms with Crippen LogP contribution in [0.3, 0.4) is 0 Å². The lowest BCUT2D eigenvalue weighted by Gasteiger charge is -2.25. The van der Waals surface area contributed by atoms with Crippen molar-refractivity contribution in [2.45, 2.75) is 25.7 Å². The molecular formula is C22H26N2O4. The highest BCUT2D eigenvalue weighted by Gasteiger charge is 2.26. The lowest BCUT2D eigenvalue weighted by Crippen LogP contribution is -2.37. The third-order valence-corrected chi connectivity index (χ3v) is 5.26. The summed E-state index contributed by atoms with van der Waals surface area (Å²) in [5.74, 6) is -0.115. The first-order valence-electron chi connectivity index (χ1n) is 9.56. The first kappa shape index (κ1) is 19.7. The van der Waals surface area contributed by atoms with Crippen molar-refractivity contribution in [2.75, 3.05) is 26.2 Å². The largest absolute Gasteiger partial charge is 0.508 e. The lowest BCUT2D eigenvalue weighted by atomic mass is 9.87. The molecule has 0 radical (unpaired) electrons. The Bertz CT molecular complexity index is 852. The van der Waals surface area contributed by atoms with Crippen LogP contribution in [0.15, 0.2) is 48.5 Å². The smallest absolute Gasteiger partial charge is 0.223 e. The van der Waals surface area contributed by atoms with Crippen molar-refractivity contribution in [2.24, 2.45) is 0 Å². The molecule has 2 aromatic rings. The predicted octanol–water partition coefficient (Wildman–Crippen LogP) is 2.70. The number of hydrogen-bond donors (Lipinski definition) is 2. The van der Waals surface area contributed by atoms with E-state index in [1.54, 1.807) is 53.1 Å². The Hall–Kier alpha value is -3.02. The second kappa shape index (κ2) is 8.78. The van der Waals surface area contributed by atoms with E-state index in [9.17, 15) is 19.8 Å². The summed E-state index contributed by atoms with van der Waals surface area (Å²) in [5, 5.41) is 20.2. The molecule has 0 spiro atoms. The van der Waals surface area contributed by atoms with Crippen molar-refractivity contribution in [3.05, 3.63) is 59.7 Å². The van der Waals surface area contributed by atoms with Crippen LogP contribution in [0.1, 0.15) is 36.8 Å². The number of carbonyl (C=O) groups excluding carboxylic acids is 2. The molecule has 2 amide bonds. The van der Waals surface area contributed by atoms with Gasteiger partial charge in [0.15, 0.2) is 0 Å². The van der Waals surface area contributed by atoms with Gasteiger partial charge in [-0.05, 0) is 30.2 Å². The highest BCUT2D eigenvalue weighted by atomic mass is 16.3. The van der Waals surface area contributed by atoms with Crippen LogP contribution in [0, 0.1) is 0 Å². The molecule has 0 aliphatic carbocycles. The summed E-state index contributed by atoms with van der Waals surface area (Å²) in [6.07, 6.45) is 0.930. The topological polar surface area (TPSA) is 81.1 Å². The highest BCUT2D eigenvalue weighted by molar-refractivity contribution is 5.78. The molecule has 1 heterocycles. The predicted molar refractivity (Wildman–Crippen MR) is 106 cm³/mol. The van der Waals surface area contributed by atoms with E-state index in [-0.39, 0.29) is 35.7 Å². The number of amides is 2. The molecule has 2 N–H and O–H groups in total. The third-order valence-electron chi connectivity index (χ3n) is 5.26. The van der Waals surface area contributed by atoms with Gasteiger partial charge in [-0.2, -0.15) is 0 Å². The van der Waals surface area contributed by atoms with Crippen molar-refractivity contribution in [3.8, 4) is 11.5 Å². The Labute approximate surface area is 165 Å². The molecule has 0 aromatic heterocycles. The monoisotopic (exact) mass is 382 g/mol. The standard InChI is InChI=1S/C22H26N2O4/c1-16(25)23-10-5-11-24(13-12-23)22(28)15-20(17-6-4-7-18(26)14-17)19-8-2-3-9-21(19)27/h2-4,6-9,14,20,26-27H,5,10-13,15H2,1H3. The molecule has 0 saturated carbocycles. The van der Waals surface area contributed by atoms with E-state index >= 15 is 0 Å². The number of aromatic hydroxyl groups is 2. The summed E-state index contributed by atoms with van der Waals surface area (Å²) in [7, 11) is 0. The number of benzene rings is 2. The fourth-order valence-corrected chi connectivity index (χ4v) is 3.72. The number of rotatable bonds is 4. The molecule has 2 aromatic carbocycles. The van der Waals surface area contributed by atoms with Gasteiger partial charge < -0.3 is 20.0 Å². The van der Waals surface area contributed by atoms with Crippen LogP contribution in [-0.2, 0) is 9.59 Å². The van der Waals surface area contributed by atoms with Crippen LogP contribution < -0.4 is 0 Å². The Morgan fingerprint density at radius 1 is 0.964 bits per heavy atom. The summed E-state index contributed by atoms with van der Waals surface area (Å²) < 4.78 is 0. The first-order valence-corrected chi connectivity index (χ1v) is 9.56. The van der Waals surface area contributed by atoms with Gasteiger partial charge >= 0.3 is 0 Å². The van der Waals surface area contributed by atoms with E-state index < -0.39 is 0 Å². The van der Waals surface area contributed by atoms with Gasteiger partial charge in [0.05, 0.1) is 0 Å². The maximum absolute atomic E-state index is 13.1. The fraction of sp³-hybridized carbons (Fsp3) is 0.364. The average molecular weight is 382 g/mol. The Kier molecular flexibility index (Phi) is 6.19. The van der Waals surface area contributed by atoms with Crippen LogP contribution in [0.4, 0.5) is 0 Å². The maximum Gasteiger partial charge on any atom is 0.223 e. The van der Waals surface area contributed by atoms with Crippen LogP contribution in [0.2, 0.25) is 0 Å². The summed E-state index contributed by atoms with van der Waals surface area (Å²) in [6, 6.07) is 13.8. The molecule has 1 atom stereocenters. The quantitative estimate of drug-likeness (QED) is 0.852. The summed E-state index contributed by atoms with van der Waals surface area (Å²) >= 11 is 0. The molecule has 6 nitrogen and oxygen atoms in total. The van der Waals surface area contributed by atoms with Crippen LogP contribution in [-0.4, -0.2) is 58.0 Å². The minimum Gasteiger partial charge on any atom is -0.508 e. The summed E-state index contributed by atoms with van der Waals surface area (Å²) in [4.78, 5) is 28.2. The van der Waals surface area contributed by atoms with Crippen molar-refractivity contribution in [1.29, 1.82) is 0 Å². The van der Waals surface area contributed by atoms with Gasteiger partial charge in [0.25, 0.3) is 0 Å². The molecule has 28 heavy (non-hydrogen) atoms. The Morgan fingerprint density at radius 2 is 1.68 bits per heavy atom. The average Bonchev–Trinajstić information content (AvgIpc) is 2.93. The molecule has 3 rings (SSSR count). The van der Waals surface area contributed by atoms with Crippen LogP contribution in [0.5, 0.6) is 11.5 Å². The number of phenolic OH excluding ortho intramolecular Hbond substituents is 2. The lowest BCUT2D eigenvalue weighted by molar-refractivity contribution is -0.132. The second-order valence-corrected chi connectivity index (χ2v) is 7.15. The zero-order chi connectivity index (χ0) is 20.1. The van der Waals surface area contributed by atoms with Gasteiger partial charge in [-0.1, -0.05) is 30.3 Å². The van der Waals surface area contributed by atoms with Crippen LogP contribution >= 0.6 is 0 Å². The zero-order valence-corrected chi connectivity index (χ0v) is 16.0. The second-order valence-electron chi connectivity index (χ2n) is 7.15. The molecule has 1 saturated heterocycles. The van der Waals surface area contributed by atoms with Crippen molar-refractivity contribution in [3.63, 3.8) is 0 Å². The summed E-state index contributed by atoms with van der Waals surface area (Å²) in [6.45, 7) is 3.86. The molecule has 6 heteroatoms. The van der Waals surface area contributed by atoms with E-state index in [1.165, 1.54) is 0 Å². The van der Waals surface area contributed by atoms with Gasteiger partial charge in [-0.3, -0.25) is 9.59 Å². The van der Waals surface area contributed by atoms with Gasteiger partial charge in [0, 0.05) is 51.0 Å². The SMILES string of the molecule is CC(=O)N1CCCN(C(=O)CC(c2cccc(O)c2)c2ccccc2O)CC1. The van der Waals surface area contributed by atoms with E-state index in [0.29, 0.717) is 31.7 Å². The Morgan fingerprint density at radius 3 is 2.39 bits per heavy atom. The Balaban J connectivity index is 1.82. The minimum atomic E-state index is -0.368. The van der Waals surface area contributed by atoms with E-state index in [2.05, 4.69) is 0 Å². The number of nitrogens with zero attached hydrogens (tertiary/aromatic N) is 2. The molecule has 0 bridgehead atoms. The molecule has 1 aliphatic heterocycles. The number of hydrogen-bond acceptors (Lipinski definition) is 4. The van der Waals surface area contributed by atoms with E-state index in [4.69, 9.17) is 0 Å². The van der Waals surface area contributed by atoms with Gasteiger partial charge in [0.2, 0.25) is 11.8 Å². The van der Waals surface area contributed by atoms with Gasteiger partial charge in [0.1, 0.15) is 11.5 Å². The van der Waals surface area contributed by atoms with Crippen molar-refractivity contribution >= 4 is 11.8 Å². The summed E-state index contributed by atoms with van der Waals surface area (Å²) in [5.41, 5.74) is 1.43. The van der Waals surface area contributed by atoms with Gasteiger partial charge in [-0.25, -0.2) is 0 Å². The minimum absolute atomic E-state index is 0.0259. The number of carbonyl (C=O) groups is 2. The zero-order valence-electron chi connectivity index (χ0n) is 16.0. The third kappa shape index (κ3) is 4.63. The highest BCUT2D eigenvalue weighted by Crippen LogP contribution is 2.35. The maximum atomic E-state index is 13.1. The molecule has 1 fully saturated rings. The van der Waals surface area contributed by atoms with Crippen LogP contribution in [0.25, 0.3) is 0 Å². The number of phenols is 2. The molecule has 1 unspecified atom stereocenters. The molecular weight excluding hydrogens is 356 g/mol. The van der Waals surface area contributed by atoms with Crippen molar-refractivity contribution < 1.29 is 19.8 Å². The van der Waals surface area contributed by atoms with E-state index in [0.717, 1.165) is 12.0 Å². The van der Waals surface area contributed by atoms with E-state index in [1.807, 2.05) is 12.1 Å². The van der Waals surface area contributed by atoms with Gasteiger partial charge in [-0.15, -0.1) is 0 Å². The normalized spacial score (nSPS) is 15.8. The number of para-hydroxylation sites is 1. The first-order chi connectivity index (χ1) is 13.5. The molecule has 148 valence electrons. The van der Waals surface area contributed by atoms with Crippen molar-refractivity contribution in [1.82, 2.24) is 9.80 Å². The molecule has 1 aliphatic rings. The fourth-order valence-electron chi connectivity index (χ4n) is 3.72.